The molecule has 3 nitrogen and oxygen atoms in total. The van der Waals surface area contributed by atoms with E-state index in [4.69, 9.17) is 0 Å². The van der Waals surface area contributed by atoms with Crippen molar-refractivity contribution in [2.45, 2.75) is 19.9 Å². The molecule has 3 aromatic carbocycles. The van der Waals surface area contributed by atoms with Crippen molar-refractivity contribution in [1.82, 2.24) is 4.57 Å². The van der Waals surface area contributed by atoms with Crippen LogP contribution < -0.4 is 5.56 Å². The lowest BCUT2D eigenvalue weighted by atomic mass is 10.0. The Morgan fingerprint density at radius 3 is 1.97 bits per heavy atom. The molecule has 148 valence electrons. The van der Waals surface area contributed by atoms with Gasteiger partial charge in [-0.2, -0.15) is 0 Å². The number of hydrogen-bond donors (Lipinski definition) is 0. The lowest BCUT2D eigenvalue weighted by Crippen LogP contribution is -2.23. The van der Waals surface area contributed by atoms with Crippen molar-refractivity contribution < 1.29 is 4.79 Å². The van der Waals surface area contributed by atoms with Crippen LogP contribution in [0.2, 0.25) is 0 Å². The topological polar surface area (TPSA) is 39.1 Å². The van der Waals surface area contributed by atoms with Crippen LogP contribution >= 0.6 is 0 Å². The molecule has 0 fully saturated rings. The van der Waals surface area contributed by atoms with Crippen LogP contribution in [0.25, 0.3) is 22.4 Å². The average molecular weight is 393 g/mol. The smallest absolute Gasteiger partial charge is 0.251 e. The van der Waals surface area contributed by atoms with Crippen molar-refractivity contribution >= 4 is 5.78 Å². The average Bonchev–Trinajstić information content (AvgIpc) is 2.79. The molecule has 0 spiro atoms. The fraction of sp³-hybridized carbons (Fsp3) is 0.111. The fourth-order valence-electron chi connectivity index (χ4n) is 3.57. The second-order valence-electron chi connectivity index (χ2n) is 7.39. The Balaban J connectivity index is 1.70. The Kier molecular flexibility index (Phi) is 5.71. The minimum absolute atomic E-state index is 0.0352. The van der Waals surface area contributed by atoms with Gasteiger partial charge in [-0.25, -0.2) is 0 Å². The predicted octanol–water partition coefficient (Wildman–Crippen LogP) is 5.76. The number of pyridine rings is 1. The van der Waals surface area contributed by atoms with E-state index >= 15 is 0 Å². The van der Waals surface area contributed by atoms with Crippen molar-refractivity contribution in [3.8, 4) is 22.4 Å². The van der Waals surface area contributed by atoms with E-state index < -0.39 is 0 Å². The number of rotatable bonds is 6. The summed E-state index contributed by atoms with van der Waals surface area (Å²) < 4.78 is 1.70. The predicted molar refractivity (Wildman–Crippen MR) is 122 cm³/mol. The van der Waals surface area contributed by atoms with Crippen LogP contribution in [-0.2, 0) is 6.54 Å². The van der Waals surface area contributed by atoms with Crippen molar-refractivity contribution in [3.63, 3.8) is 0 Å². The van der Waals surface area contributed by atoms with Gasteiger partial charge < -0.3 is 4.57 Å². The molecule has 0 atom stereocenters. The first-order valence-corrected chi connectivity index (χ1v) is 10.1. The Hall–Kier alpha value is -3.72. The van der Waals surface area contributed by atoms with E-state index in [-0.39, 0.29) is 17.8 Å². The standard InChI is InChI=1S/C27H23NO2/c1-20-12-14-23(15-13-20)26(29)16-17-28-25(22-10-6-3-7-11-22)18-24(19-27(28)30)21-8-4-2-5-9-21/h2-15,18-19H,16-17H2,1H3. The molecular formula is C27H23NO2. The maximum atomic E-state index is 13.1. The van der Waals surface area contributed by atoms with E-state index in [1.54, 1.807) is 10.6 Å². The molecule has 0 N–H and O–H groups in total. The molecule has 30 heavy (non-hydrogen) atoms. The second kappa shape index (κ2) is 8.75. The van der Waals surface area contributed by atoms with Crippen LogP contribution in [0.1, 0.15) is 22.3 Å². The quantitative estimate of drug-likeness (QED) is 0.391. The number of nitrogens with zero attached hydrogens (tertiary/aromatic N) is 1. The van der Waals surface area contributed by atoms with Gasteiger partial charge in [0, 0.05) is 24.6 Å². The first kappa shape index (κ1) is 19.6. The molecule has 3 heteroatoms. The zero-order chi connectivity index (χ0) is 20.9. The molecule has 0 aliphatic heterocycles. The molecule has 0 saturated heterocycles. The monoisotopic (exact) mass is 393 g/mol. The highest BCUT2D eigenvalue weighted by molar-refractivity contribution is 5.96. The number of aryl methyl sites for hydroxylation is 1. The van der Waals surface area contributed by atoms with Crippen LogP contribution in [0.15, 0.2) is 102 Å². The maximum absolute atomic E-state index is 13.1. The number of carbonyl (C=O) groups is 1. The van der Waals surface area contributed by atoms with Crippen LogP contribution in [0.4, 0.5) is 0 Å². The van der Waals surface area contributed by atoms with Crippen LogP contribution in [0.3, 0.4) is 0 Å². The number of benzene rings is 3. The molecule has 0 unspecified atom stereocenters. The van der Waals surface area contributed by atoms with Gasteiger partial charge in [0.25, 0.3) is 5.56 Å². The summed E-state index contributed by atoms with van der Waals surface area (Å²) >= 11 is 0. The third-order valence-electron chi connectivity index (χ3n) is 5.24. The normalized spacial score (nSPS) is 10.7. The minimum Gasteiger partial charge on any atom is -0.308 e. The SMILES string of the molecule is Cc1ccc(C(=O)CCn2c(-c3ccccc3)cc(-c3ccccc3)cc2=O)cc1. The summed E-state index contributed by atoms with van der Waals surface area (Å²) in [6.45, 7) is 2.33. The number of aromatic nitrogens is 1. The van der Waals surface area contributed by atoms with Gasteiger partial charge in [0.15, 0.2) is 5.78 Å². The molecule has 4 aromatic rings. The Bertz CT molecular complexity index is 1210. The minimum atomic E-state index is -0.105. The summed E-state index contributed by atoms with van der Waals surface area (Å²) in [5.41, 5.74) is 5.33. The number of hydrogen-bond acceptors (Lipinski definition) is 2. The van der Waals surface area contributed by atoms with E-state index in [1.807, 2.05) is 97.9 Å². The van der Waals surface area contributed by atoms with Gasteiger partial charge >= 0.3 is 0 Å². The van der Waals surface area contributed by atoms with Gasteiger partial charge in [-0.1, -0.05) is 90.5 Å². The van der Waals surface area contributed by atoms with Gasteiger partial charge in [-0.05, 0) is 29.7 Å². The Labute approximate surface area is 176 Å². The summed E-state index contributed by atoms with van der Waals surface area (Å²) in [6.07, 6.45) is 0.271. The number of ketones is 1. The van der Waals surface area contributed by atoms with Crippen molar-refractivity contribution in [2.24, 2.45) is 0 Å². The van der Waals surface area contributed by atoms with Crippen LogP contribution in [0, 0.1) is 6.92 Å². The zero-order valence-corrected chi connectivity index (χ0v) is 16.9. The van der Waals surface area contributed by atoms with Crippen LogP contribution in [0.5, 0.6) is 0 Å². The molecule has 0 aliphatic carbocycles. The lowest BCUT2D eigenvalue weighted by Gasteiger charge is -2.15. The zero-order valence-electron chi connectivity index (χ0n) is 16.9. The van der Waals surface area contributed by atoms with Gasteiger partial charge in [-0.15, -0.1) is 0 Å². The molecule has 0 amide bonds. The van der Waals surface area contributed by atoms with Gasteiger partial charge in [-0.3, -0.25) is 9.59 Å². The maximum Gasteiger partial charge on any atom is 0.251 e. The summed E-state index contributed by atoms with van der Waals surface area (Å²) in [4.78, 5) is 25.7. The molecular weight excluding hydrogens is 370 g/mol. The molecule has 0 aliphatic rings. The summed E-state index contributed by atoms with van der Waals surface area (Å²) in [6, 6.07) is 30.9. The largest absolute Gasteiger partial charge is 0.308 e. The highest BCUT2D eigenvalue weighted by atomic mass is 16.1. The fourth-order valence-corrected chi connectivity index (χ4v) is 3.57. The molecule has 4 rings (SSSR count). The van der Waals surface area contributed by atoms with E-state index in [9.17, 15) is 9.59 Å². The first-order valence-electron chi connectivity index (χ1n) is 10.1. The lowest BCUT2D eigenvalue weighted by molar-refractivity contribution is 0.0977. The summed E-state index contributed by atoms with van der Waals surface area (Å²) in [5.74, 6) is 0.0352. The molecule has 0 bridgehead atoms. The van der Waals surface area contributed by atoms with Crippen molar-refractivity contribution in [3.05, 3.63) is 119 Å². The van der Waals surface area contributed by atoms with Crippen molar-refractivity contribution in [1.29, 1.82) is 0 Å². The van der Waals surface area contributed by atoms with Crippen LogP contribution in [-0.4, -0.2) is 10.4 Å². The van der Waals surface area contributed by atoms with E-state index in [0.717, 1.165) is 27.9 Å². The molecule has 1 heterocycles. The Morgan fingerprint density at radius 2 is 1.33 bits per heavy atom. The van der Waals surface area contributed by atoms with Crippen molar-refractivity contribution in [2.75, 3.05) is 0 Å². The van der Waals surface area contributed by atoms with E-state index in [2.05, 4.69) is 0 Å². The Morgan fingerprint density at radius 1 is 0.733 bits per heavy atom. The van der Waals surface area contributed by atoms with Gasteiger partial charge in [0.05, 0.1) is 5.69 Å². The second-order valence-corrected chi connectivity index (χ2v) is 7.39. The van der Waals surface area contributed by atoms with Gasteiger partial charge in [0.1, 0.15) is 0 Å². The highest BCUT2D eigenvalue weighted by Crippen LogP contribution is 2.25. The molecule has 1 aromatic heterocycles. The van der Waals surface area contributed by atoms with E-state index in [0.29, 0.717) is 12.1 Å². The molecule has 0 saturated carbocycles. The van der Waals surface area contributed by atoms with E-state index in [1.165, 1.54) is 0 Å². The third-order valence-corrected chi connectivity index (χ3v) is 5.24. The summed E-state index contributed by atoms with van der Waals surface area (Å²) in [5, 5.41) is 0. The highest BCUT2D eigenvalue weighted by Gasteiger charge is 2.13. The number of Topliss-reactive ketones (excluding diaryl/α,β-unsaturated/α-hetero) is 1. The van der Waals surface area contributed by atoms with Gasteiger partial charge in [0.2, 0.25) is 0 Å². The molecule has 0 radical (unpaired) electrons. The summed E-state index contributed by atoms with van der Waals surface area (Å²) in [7, 11) is 0. The number of carbonyl (C=O) groups excluding carboxylic acids is 1. The first-order chi connectivity index (χ1) is 14.6. The third kappa shape index (κ3) is 4.31.